The van der Waals surface area contributed by atoms with E-state index in [-0.39, 0.29) is 12.6 Å². The maximum atomic E-state index is 12.0. The average Bonchev–Trinajstić information content (AvgIpc) is 2.53. The fraction of sp³-hybridized carbons (Fsp3) is 0.467. The number of urea groups is 1. The second-order valence-corrected chi connectivity index (χ2v) is 5.59. The van der Waals surface area contributed by atoms with E-state index in [1.165, 1.54) is 0 Å². The molecule has 22 heavy (non-hydrogen) atoms. The molecule has 120 valence electrons. The summed E-state index contributed by atoms with van der Waals surface area (Å²) >= 11 is 5.77. The first-order valence-electron chi connectivity index (χ1n) is 7.20. The van der Waals surface area contributed by atoms with E-state index < -0.39 is 11.9 Å². The molecular formula is C15H19ClN2O4. The summed E-state index contributed by atoms with van der Waals surface area (Å²) in [6, 6.07) is 6.73. The number of hydrogen-bond acceptors (Lipinski definition) is 3. The molecule has 6 nitrogen and oxygen atoms in total. The van der Waals surface area contributed by atoms with Crippen LogP contribution in [-0.4, -0.2) is 48.2 Å². The Kier molecular flexibility index (Phi) is 5.89. The van der Waals surface area contributed by atoms with E-state index in [0.717, 1.165) is 0 Å². The largest absolute Gasteiger partial charge is 0.492 e. The molecule has 0 aliphatic carbocycles. The first-order chi connectivity index (χ1) is 10.6. The van der Waals surface area contributed by atoms with Gasteiger partial charge in [-0.25, -0.2) is 4.79 Å². The zero-order chi connectivity index (χ0) is 15.9. The van der Waals surface area contributed by atoms with Crippen molar-refractivity contribution in [1.82, 2.24) is 10.2 Å². The lowest BCUT2D eigenvalue weighted by molar-refractivity contribution is -0.143. The van der Waals surface area contributed by atoms with E-state index in [1.807, 2.05) is 0 Å². The van der Waals surface area contributed by atoms with Gasteiger partial charge in [-0.2, -0.15) is 0 Å². The summed E-state index contributed by atoms with van der Waals surface area (Å²) in [7, 11) is 0. The third-order valence-electron chi connectivity index (χ3n) is 3.52. The number of piperidine rings is 1. The van der Waals surface area contributed by atoms with Crippen LogP contribution in [-0.2, 0) is 4.79 Å². The number of aliphatic carboxylic acids is 1. The summed E-state index contributed by atoms with van der Waals surface area (Å²) in [5.41, 5.74) is 0. The Morgan fingerprint density at radius 1 is 1.36 bits per heavy atom. The van der Waals surface area contributed by atoms with Crippen LogP contribution in [0.5, 0.6) is 5.75 Å². The highest BCUT2D eigenvalue weighted by Gasteiger charge is 2.27. The van der Waals surface area contributed by atoms with E-state index >= 15 is 0 Å². The molecule has 1 saturated heterocycles. The number of ether oxygens (including phenoxy) is 1. The monoisotopic (exact) mass is 326 g/mol. The van der Waals surface area contributed by atoms with Crippen LogP contribution in [0.4, 0.5) is 4.79 Å². The third-order valence-corrected chi connectivity index (χ3v) is 3.77. The van der Waals surface area contributed by atoms with Gasteiger partial charge in [0.15, 0.2) is 0 Å². The molecule has 0 radical (unpaired) electrons. The van der Waals surface area contributed by atoms with Crippen LogP contribution in [0.25, 0.3) is 0 Å². The van der Waals surface area contributed by atoms with Crippen molar-refractivity contribution in [2.75, 3.05) is 26.2 Å². The maximum absolute atomic E-state index is 12.0. The van der Waals surface area contributed by atoms with E-state index in [9.17, 15) is 9.59 Å². The number of likely N-dealkylation sites (tertiary alicyclic amines) is 1. The second-order valence-electron chi connectivity index (χ2n) is 5.16. The van der Waals surface area contributed by atoms with Gasteiger partial charge in [0.25, 0.3) is 0 Å². The van der Waals surface area contributed by atoms with Gasteiger partial charge in [0, 0.05) is 18.1 Å². The Hall–Kier alpha value is -1.95. The molecule has 2 amide bonds. The number of nitrogens with one attached hydrogen (secondary N) is 1. The number of carboxylic acids is 1. The zero-order valence-corrected chi connectivity index (χ0v) is 12.9. The van der Waals surface area contributed by atoms with E-state index in [4.69, 9.17) is 21.4 Å². The molecule has 0 spiro atoms. The molecule has 1 aromatic carbocycles. The van der Waals surface area contributed by atoms with Crippen LogP contribution >= 0.6 is 11.6 Å². The lowest BCUT2D eigenvalue weighted by Gasteiger charge is -2.30. The van der Waals surface area contributed by atoms with Gasteiger partial charge in [0.05, 0.1) is 12.5 Å². The molecule has 2 N–H and O–H groups in total. The minimum atomic E-state index is -0.844. The van der Waals surface area contributed by atoms with E-state index in [2.05, 4.69) is 5.32 Å². The highest BCUT2D eigenvalue weighted by molar-refractivity contribution is 6.30. The number of benzene rings is 1. The smallest absolute Gasteiger partial charge is 0.317 e. The van der Waals surface area contributed by atoms with Gasteiger partial charge < -0.3 is 20.1 Å². The number of carbonyl (C=O) groups excluding carboxylic acids is 1. The first kappa shape index (κ1) is 16.4. The average molecular weight is 327 g/mol. The van der Waals surface area contributed by atoms with Crippen molar-refractivity contribution >= 4 is 23.6 Å². The molecular weight excluding hydrogens is 308 g/mol. The molecule has 1 aromatic rings. The quantitative estimate of drug-likeness (QED) is 0.813. The fourth-order valence-corrected chi connectivity index (χ4v) is 2.46. The van der Waals surface area contributed by atoms with Gasteiger partial charge in [-0.1, -0.05) is 11.6 Å². The minimum Gasteiger partial charge on any atom is -0.492 e. The zero-order valence-electron chi connectivity index (χ0n) is 12.1. The lowest BCUT2D eigenvalue weighted by Crippen LogP contribution is -2.47. The number of carbonyl (C=O) groups is 2. The highest BCUT2D eigenvalue weighted by atomic mass is 35.5. The molecule has 1 unspecified atom stereocenters. The van der Waals surface area contributed by atoms with Gasteiger partial charge in [0.2, 0.25) is 0 Å². The Bertz CT molecular complexity index is 521. The van der Waals surface area contributed by atoms with Crippen LogP contribution < -0.4 is 10.1 Å². The van der Waals surface area contributed by atoms with Crippen LogP contribution in [0.15, 0.2) is 24.3 Å². The molecule has 0 saturated carbocycles. The molecule has 1 aliphatic rings. The number of amides is 2. The summed E-state index contributed by atoms with van der Waals surface area (Å²) in [4.78, 5) is 24.5. The van der Waals surface area contributed by atoms with E-state index in [0.29, 0.717) is 43.3 Å². The third kappa shape index (κ3) is 4.80. The highest BCUT2D eigenvalue weighted by Crippen LogP contribution is 2.17. The van der Waals surface area contributed by atoms with Crippen LogP contribution in [0.1, 0.15) is 12.8 Å². The van der Waals surface area contributed by atoms with Gasteiger partial charge >= 0.3 is 12.0 Å². The Morgan fingerprint density at radius 2 is 2.09 bits per heavy atom. The Balaban J connectivity index is 1.69. The topological polar surface area (TPSA) is 78.9 Å². The second kappa shape index (κ2) is 7.89. The Morgan fingerprint density at radius 3 is 2.77 bits per heavy atom. The molecule has 1 atom stereocenters. The van der Waals surface area contributed by atoms with Crippen molar-refractivity contribution < 1.29 is 19.4 Å². The van der Waals surface area contributed by atoms with Crippen molar-refractivity contribution in [2.24, 2.45) is 5.92 Å². The van der Waals surface area contributed by atoms with Gasteiger partial charge in [-0.05, 0) is 37.1 Å². The fourth-order valence-electron chi connectivity index (χ4n) is 2.33. The molecule has 1 aliphatic heterocycles. The number of hydrogen-bond donors (Lipinski definition) is 2. The molecule has 1 heterocycles. The summed E-state index contributed by atoms with van der Waals surface area (Å²) in [6.45, 7) is 1.55. The van der Waals surface area contributed by atoms with E-state index in [1.54, 1.807) is 29.2 Å². The van der Waals surface area contributed by atoms with Crippen molar-refractivity contribution in [3.05, 3.63) is 29.3 Å². The summed E-state index contributed by atoms with van der Waals surface area (Å²) < 4.78 is 5.47. The van der Waals surface area contributed by atoms with Crippen molar-refractivity contribution in [2.45, 2.75) is 12.8 Å². The summed E-state index contributed by atoms with van der Waals surface area (Å²) in [5, 5.41) is 12.4. The first-order valence-corrected chi connectivity index (χ1v) is 7.58. The van der Waals surface area contributed by atoms with Crippen molar-refractivity contribution in [3.8, 4) is 5.75 Å². The van der Waals surface area contributed by atoms with Crippen LogP contribution in [0.2, 0.25) is 5.02 Å². The van der Waals surface area contributed by atoms with Gasteiger partial charge in [0.1, 0.15) is 12.4 Å². The summed E-state index contributed by atoms with van der Waals surface area (Å²) in [6.07, 6.45) is 1.34. The number of nitrogens with zero attached hydrogens (tertiary/aromatic N) is 1. The van der Waals surface area contributed by atoms with Gasteiger partial charge in [-0.15, -0.1) is 0 Å². The molecule has 7 heteroatoms. The van der Waals surface area contributed by atoms with Gasteiger partial charge in [-0.3, -0.25) is 4.79 Å². The maximum Gasteiger partial charge on any atom is 0.317 e. The summed E-state index contributed by atoms with van der Waals surface area (Å²) in [5.74, 6) is -0.629. The number of carboxylic acid groups (broad SMARTS) is 1. The molecule has 1 fully saturated rings. The Labute approximate surface area is 134 Å². The normalized spacial score (nSPS) is 17.9. The standard InChI is InChI=1S/C15H19ClN2O4/c16-12-3-5-13(6-4-12)22-9-7-17-15(21)18-8-1-2-11(10-18)14(19)20/h3-6,11H,1-2,7-10H2,(H,17,21)(H,19,20). The minimum absolute atomic E-state index is 0.245. The molecule has 2 rings (SSSR count). The predicted molar refractivity (Wildman–Crippen MR) is 82.3 cm³/mol. The molecule has 0 bridgehead atoms. The number of rotatable bonds is 5. The molecule has 0 aromatic heterocycles. The van der Waals surface area contributed by atoms with Crippen LogP contribution in [0.3, 0.4) is 0 Å². The van der Waals surface area contributed by atoms with Crippen molar-refractivity contribution in [1.29, 1.82) is 0 Å². The van der Waals surface area contributed by atoms with Crippen molar-refractivity contribution in [3.63, 3.8) is 0 Å². The van der Waals surface area contributed by atoms with Crippen LogP contribution in [0, 0.1) is 5.92 Å². The SMILES string of the molecule is O=C(O)C1CCCN(C(=O)NCCOc2ccc(Cl)cc2)C1. The predicted octanol–water partition coefficient (Wildman–Crippen LogP) is 2.22. The lowest BCUT2D eigenvalue weighted by atomic mass is 9.99. The number of halogens is 1.